The predicted molar refractivity (Wildman–Crippen MR) is 119 cm³/mol. The van der Waals surface area contributed by atoms with Crippen molar-refractivity contribution >= 4 is 28.1 Å². The second-order valence-corrected chi connectivity index (χ2v) is 7.62. The number of anilines is 2. The number of hydrogen-bond acceptors (Lipinski definition) is 5. The van der Waals surface area contributed by atoms with Gasteiger partial charge in [-0.2, -0.15) is 5.10 Å². The van der Waals surface area contributed by atoms with Crippen LogP contribution in [-0.4, -0.2) is 58.8 Å². The molecule has 0 spiro atoms. The van der Waals surface area contributed by atoms with E-state index in [-0.39, 0.29) is 0 Å². The molecule has 3 heterocycles. The standard InChI is InChI=1S/C23H26N6/c1-18-17-22-25-23(20-9-5-6-10-21(20)29(22)26-18)24-11-12-27-13-15-28(16-14-27)19-7-3-2-4-8-19/h2-10,17H,11-16H2,1H3,(H,24,25). The Bertz CT molecular complexity index is 1110. The lowest BCUT2D eigenvalue weighted by molar-refractivity contribution is 0.267. The van der Waals surface area contributed by atoms with Crippen LogP contribution in [0.2, 0.25) is 0 Å². The van der Waals surface area contributed by atoms with Gasteiger partial charge in [-0.05, 0) is 31.2 Å². The Kier molecular flexibility index (Phi) is 4.77. The number of hydrogen-bond donors (Lipinski definition) is 1. The normalized spacial score (nSPS) is 15.3. The van der Waals surface area contributed by atoms with E-state index >= 15 is 0 Å². The van der Waals surface area contributed by atoms with Gasteiger partial charge in [0, 0.05) is 56.4 Å². The molecular weight excluding hydrogens is 360 g/mol. The molecular formula is C23H26N6. The van der Waals surface area contributed by atoms with Crippen molar-refractivity contribution in [2.75, 3.05) is 49.5 Å². The SMILES string of the molecule is Cc1cc2nc(NCCN3CCN(c4ccccc4)CC3)c3ccccc3n2n1. The molecule has 2 aromatic carbocycles. The van der Waals surface area contributed by atoms with Gasteiger partial charge >= 0.3 is 0 Å². The van der Waals surface area contributed by atoms with Crippen molar-refractivity contribution in [2.24, 2.45) is 0 Å². The fourth-order valence-corrected chi connectivity index (χ4v) is 4.11. The van der Waals surface area contributed by atoms with Crippen LogP contribution in [0, 0.1) is 6.92 Å². The van der Waals surface area contributed by atoms with Crippen LogP contribution >= 0.6 is 0 Å². The molecule has 1 N–H and O–H groups in total. The van der Waals surface area contributed by atoms with Crippen molar-refractivity contribution in [3.63, 3.8) is 0 Å². The zero-order valence-electron chi connectivity index (χ0n) is 16.8. The fourth-order valence-electron chi connectivity index (χ4n) is 4.11. The van der Waals surface area contributed by atoms with E-state index in [1.165, 1.54) is 5.69 Å². The number of para-hydroxylation sites is 2. The predicted octanol–water partition coefficient (Wildman–Crippen LogP) is 3.43. The summed E-state index contributed by atoms with van der Waals surface area (Å²) in [5.41, 5.74) is 4.28. The maximum atomic E-state index is 4.82. The molecule has 5 rings (SSSR count). The second kappa shape index (κ2) is 7.72. The van der Waals surface area contributed by atoms with Gasteiger partial charge in [-0.25, -0.2) is 9.50 Å². The number of aryl methyl sites for hydroxylation is 1. The van der Waals surface area contributed by atoms with Crippen LogP contribution in [0.1, 0.15) is 5.69 Å². The van der Waals surface area contributed by atoms with Gasteiger partial charge < -0.3 is 10.2 Å². The third-order valence-electron chi connectivity index (χ3n) is 5.64. The van der Waals surface area contributed by atoms with Crippen LogP contribution in [-0.2, 0) is 0 Å². The monoisotopic (exact) mass is 386 g/mol. The molecule has 0 atom stereocenters. The van der Waals surface area contributed by atoms with Gasteiger partial charge in [-0.1, -0.05) is 30.3 Å². The molecule has 29 heavy (non-hydrogen) atoms. The summed E-state index contributed by atoms with van der Waals surface area (Å²) in [5, 5.41) is 9.26. The zero-order valence-corrected chi connectivity index (χ0v) is 16.8. The highest BCUT2D eigenvalue weighted by atomic mass is 15.3. The fraction of sp³-hybridized carbons (Fsp3) is 0.304. The Morgan fingerprint density at radius 3 is 2.52 bits per heavy atom. The molecule has 2 aromatic heterocycles. The molecule has 0 aliphatic carbocycles. The first-order valence-electron chi connectivity index (χ1n) is 10.3. The summed E-state index contributed by atoms with van der Waals surface area (Å²) in [5.74, 6) is 0.941. The Morgan fingerprint density at radius 1 is 0.931 bits per heavy atom. The molecule has 0 radical (unpaired) electrons. The van der Waals surface area contributed by atoms with Gasteiger partial charge in [0.2, 0.25) is 0 Å². The maximum Gasteiger partial charge on any atom is 0.158 e. The quantitative estimate of drug-likeness (QED) is 0.570. The van der Waals surface area contributed by atoms with E-state index in [0.717, 1.165) is 67.3 Å². The van der Waals surface area contributed by atoms with Crippen LogP contribution in [0.5, 0.6) is 0 Å². The first-order chi connectivity index (χ1) is 14.3. The highest BCUT2D eigenvalue weighted by molar-refractivity contribution is 5.91. The summed E-state index contributed by atoms with van der Waals surface area (Å²) < 4.78 is 1.93. The van der Waals surface area contributed by atoms with Gasteiger partial charge in [0.05, 0.1) is 11.2 Å². The van der Waals surface area contributed by atoms with Gasteiger partial charge in [-0.3, -0.25) is 4.90 Å². The number of piperazine rings is 1. The summed E-state index contributed by atoms with van der Waals surface area (Å²) in [6.45, 7) is 8.23. The summed E-state index contributed by atoms with van der Waals surface area (Å²) in [4.78, 5) is 9.81. The Morgan fingerprint density at radius 2 is 1.69 bits per heavy atom. The van der Waals surface area contributed by atoms with Crippen molar-refractivity contribution in [1.29, 1.82) is 0 Å². The summed E-state index contributed by atoms with van der Waals surface area (Å²) in [6, 6.07) is 21.0. The van der Waals surface area contributed by atoms with E-state index < -0.39 is 0 Å². The molecule has 4 aromatic rings. The summed E-state index contributed by atoms with van der Waals surface area (Å²) in [7, 11) is 0. The first kappa shape index (κ1) is 17.9. The van der Waals surface area contributed by atoms with Gasteiger partial charge in [0.25, 0.3) is 0 Å². The van der Waals surface area contributed by atoms with Gasteiger partial charge in [0.15, 0.2) is 5.65 Å². The number of nitrogens with one attached hydrogen (secondary N) is 1. The average molecular weight is 387 g/mol. The van der Waals surface area contributed by atoms with E-state index in [9.17, 15) is 0 Å². The maximum absolute atomic E-state index is 4.82. The molecule has 6 heteroatoms. The van der Waals surface area contributed by atoms with Gasteiger partial charge in [-0.15, -0.1) is 0 Å². The molecule has 6 nitrogen and oxygen atoms in total. The topological polar surface area (TPSA) is 48.7 Å². The number of nitrogens with zero attached hydrogens (tertiary/aromatic N) is 5. The van der Waals surface area contributed by atoms with E-state index in [1.807, 2.05) is 17.5 Å². The summed E-state index contributed by atoms with van der Waals surface area (Å²) in [6.07, 6.45) is 0. The molecule has 0 amide bonds. The molecule has 148 valence electrons. The number of aromatic nitrogens is 3. The van der Waals surface area contributed by atoms with Crippen LogP contribution in [0.4, 0.5) is 11.5 Å². The van der Waals surface area contributed by atoms with Crippen molar-refractivity contribution in [3.8, 4) is 0 Å². The van der Waals surface area contributed by atoms with E-state index in [0.29, 0.717) is 0 Å². The molecule has 0 saturated carbocycles. The second-order valence-electron chi connectivity index (χ2n) is 7.62. The molecule has 1 aliphatic rings. The largest absolute Gasteiger partial charge is 0.369 e. The molecule has 1 fully saturated rings. The van der Waals surface area contributed by atoms with Gasteiger partial charge in [0.1, 0.15) is 5.82 Å². The van der Waals surface area contributed by atoms with Crippen LogP contribution in [0.25, 0.3) is 16.6 Å². The van der Waals surface area contributed by atoms with E-state index in [1.54, 1.807) is 0 Å². The third kappa shape index (κ3) is 3.63. The lowest BCUT2D eigenvalue weighted by Crippen LogP contribution is -2.47. The minimum Gasteiger partial charge on any atom is -0.369 e. The van der Waals surface area contributed by atoms with Crippen LogP contribution in [0.15, 0.2) is 60.7 Å². The van der Waals surface area contributed by atoms with Crippen molar-refractivity contribution < 1.29 is 0 Å². The molecule has 1 saturated heterocycles. The van der Waals surface area contributed by atoms with E-state index in [4.69, 9.17) is 4.98 Å². The van der Waals surface area contributed by atoms with E-state index in [2.05, 4.69) is 74.8 Å². The summed E-state index contributed by atoms with van der Waals surface area (Å²) >= 11 is 0. The smallest absolute Gasteiger partial charge is 0.158 e. The first-order valence-corrected chi connectivity index (χ1v) is 10.3. The molecule has 0 unspecified atom stereocenters. The van der Waals surface area contributed by atoms with Crippen molar-refractivity contribution in [1.82, 2.24) is 19.5 Å². The highest BCUT2D eigenvalue weighted by Crippen LogP contribution is 2.23. The Balaban J connectivity index is 1.23. The lowest BCUT2D eigenvalue weighted by atomic mass is 10.2. The minimum atomic E-state index is 0.881. The number of benzene rings is 2. The Hall–Kier alpha value is -3.12. The average Bonchev–Trinajstić information content (AvgIpc) is 3.15. The molecule has 1 aliphatic heterocycles. The third-order valence-corrected chi connectivity index (χ3v) is 5.64. The van der Waals surface area contributed by atoms with Crippen LogP contribution in [0.3, 0.4) is 0 Å². The number of rotatable bonds is 5. The number of fused-ring (bicyclic) bond motifs is 3. The minimum absolute atomic E-state index is 0.881. The highest BCUT2D eigenvalue weighted by Gasteiger charge is 2.17. The molecule has 0 bridgehead atoms. The van der Waals surface area contributed by atoms with Crippen LogP contribution < -0.4 is 10.2 Å². The lowest BCUT2D eigenvalue weighted by Gasteiger charge is -2.36. The van der Waals surface area contributed by atoms with Crippen molar-refractivity contribution in [2.45, 2.75) is 6.92 Å². The Labute approximate surface area is 170 Å². The van der Waals surface area contributed by atoms with Crippen molar-refractivity contribution in [3.05, 3.63) is 66.4 Å². The zero-order chi connectivity index (χ0) is 19.6.